The Labute approximate surface area is 65.3 Å². The Balaban J connectivity index is 0. The van der Waals surface area contributed by atoms with Crippen LogP contribution in [0.2, 0.25) is 0 Å². The SMILES string of the molecule is C=CC=O.[Cl][GeH]([Cl])[Cl]. The van der Waals surface area contributed by atoms with E-state index in [0.29, 0.717) is 6.29 Å². The van der Waals surface area contributed by atoms with E-state index in [0.717, 1.165) is 0 Å². The second-order valence-corrected chi connectivity index (χ2v) is 11.9. The molecule has 0 aromatic rings. The van der Waals surface area contributed by atoms with Gasteiger partial charge in [-0.05, 0) is 6.08 Å². The van der Waals surface area contributed by atoms with E-state index in [1.54, 1.807) is 0 Å². The summed E-state index contributed by atoms with van der Waals surface area (Å²) in [6, 6.07) is 0. The van der Waals surface area contributed by atoms with Gasteiger partial charge in [0.25, 0.3) is 0 Å². The molecule has 0 aromatic heterocycles. The van der Waals surface area contributed by atoms with Crippen LogP contribution in [0.25, 0.3) is 0 Å². The molecule has 0 aliphatic heterocycles. The van der Waals surface area contributed by atoms with Crippen molar-refractivity contribution in [2.75, 3.05) is 0 Å². The molecule has 0 saturated carbocycles. The third kappa shape index (κ3) is 69.6. The average molecular weight is 236 g/mol. The molecule has 0 N–H and O–H groups in total. The number of carbonyl (C=O) groups excluding carboxylic acids is 1. The Morgan fingerprint density at radius 2 is 1.50 bits per heavy atom. The zero-order valence-corrected chi connectivity index (χ0v) is 8.67. The molecule has 8 heavy (non-hydrogen) atoms. The molecule has 0 spiro atoms. The van der Waals surface area contributed by atoms with Crippen LogP contribution in [-0.4, -0.2) is 17.8 Å². The van der Waals surface area contributed by atoms with Crippen molar-refractivity contribution in [2.45, 2.75) is 0 Å². The van der Waals surface area contributed by atoms with Gasteiger partial charge < -0.3 is 0 Å². The zero-order valence-electron chi connectivity index (χ0n) is 3.98. The van der Waals surface area contributed by atoms with Crippen molar-refractivity contribution < 1.29 is 4.79 Å². The van der Waals surface area contributed by atoms with E-state index in [1.807, 2.05) is 0 Å². The molecule has 0 aromatic carbocycles. The van der Waals surface area contributed by atoms with Gasteiger partial charge >= 0.3 is 41.6 Å². The van der Waals surface area contributed by atoms with E-state index in [2.05, 4.69) is 6.58 Å². The molecule has 0 atom stereocenters. The summed E-state index contributed by atoms with van der Waals surface area (Å²) >= 11 is -2.06. The first kappa shape index (κ1) is 11.6. The van der Waals surface area contributed by atoms with Crippen molar-refractivity contribution in [1.29, 1.82) is 0 Å². The van der Waals surface area contributed by atoms with Crippen LogP contribution in [0.15, 0.2) is 12.7 Å². The van der Waals surface area contributed by atoms with Crippen LogP contribution < -0.4 is 0 Å². The second kappa shape index (κ2) is 10.7. The molecule has 0 fully saturated rings. The molecule has 0 heterocycles. The monoisotopic (exact) mass is 236 g/mol. The van der Waals surface area contributed by atoms with Crippen molar-refractivity contribution in [3.8, 4) is 0 Å². The molecule has 0 unspecified atom stereocenters. The van der Waals surface area contributed by atoms with E-state index >= 15 is 0 Å². The fourth-order valence-corrected chi connectivity index (χ4v) is 0. The van der Waals surface area contributed by atoms with Gasteiger partial charge in [0.05, 0.1) is 0 Å². The van der Waals surface area contributed by atoms with Gasteiger partial charge in [0, 0.05) is 0 Å². The Morgan fingerprint density at radius 3 is 1.50 bits per heavy atom. The molecular formula is C3H5Cl3GeO. The molecular weight excluding hydrogens is 231 g/mol. The van der Waals surface area contributed by atoms with Crippen molar-refractivity contribution in [1.82, 2.24) is 0 Å². The Bertz CT molecular complexity index is 56.8. The topological polar surface area (TPSA) is 17.1 Å². The summed E-state index contributed by atoms with van der Waals surface area (Å²) < 4.78 is 0. The Hall–Kier alpha value is 0.823. The summed E-state index contributed by atoms with van der Waals surface area (Å²) in [5.74, 6) is 0. The second-order valence-electron chi connectivity index (χ2n) is 0.619. The molecule has 0 bridgehead atoms. The van der Waals surface area contributed by atoms with Gasteiger partial charge in [0.2, 0.25) is 0 Å². The van der Waals surface area contributed by atoms with Crippen LogP contribution in [0.1, 0.15) is 0 Å². The van der Waals surface area contributed by atoms with Crippen LogP contribution in [0.5, 0.6) is 0 Å². The third-order valence-corrected chi connectivity index (χ3v) is 0.0962. The first-order valence-corrected chi connectivity index (χ1v) is 11.2. The molecule has 0 saturated heterocycles. The first-order valence-electron chi connectivity index (χ1n) is 1.63. The maximum atomic E-state index is 9.06. The van der Waals surface area contributed by atoms with E-state index < -0.39 is 11.6 Å². The normalized spacial score (nSPS) is 7.00. The average Bonchev–Trinajstić information content (AvgIpc) is 1.65. The van der Waals surface area contributed by atoms with Gasteiger partial charge in [0.1, 0.15) is 6.29 Å². The van der Waals surface area contributed by atoms with Crippen molar-refractivity contribution in [2.24, 2.45) is 0 Å². The zero-order chi connectivity index (χ0) is 6.99. The standard InChI is InChI=1S/C3H4O.Cl3GeH/c1-2-3-4;1-4(2)3/h2-3H,1H2;4H. The van der Waals surface area contributed by atoms with Gasteiger partial charge in [-0.2, -0.15) is 0 Å². The molecule has 0 rings (SSSR count). The van der Waals surface area contributed by atoms with E-state index in [1.165, 1.54) is 6.08 Å². The summed E-state index contributed by atoms with van der Waals surface area (Å²) in [5.41, 5.74) is 0. The summed E-state index contributed by atoms with van der Waals surface area (Å²) in [7, 11) is 15.0. The fraction of sp³-hybridized carbons (Fsp3) is 0. The summed E-state index contributed by atoms with van der Waals surface area (Å²) in [4.78, 5) is 9.06. The summed E-state index contributed by atoms with van der Waals surface area (Å²) in [6.07, 6.45) is 1.83. The van der Waals surface area contributed by atoms with Crippen molar-refractivity contribution >= 4 is 47.9 Å². The van der Waals surface area contributed by atoms with Crippen LogP contribution in [-0.2, 0) is 4.79 Å². The third-order valence-electron chi connectivity index (χ3n) is 0.0962. The van der Waals surface area contributed by atoms with Crippen LogP contribution in [0.3, 0.4) is 0 Å². The number of hydrogen-bond donors (Lipinski definition) is 0. The van der Waals surface area contributed by atoms with Crippen molar-refractivity contribution in [3.05, 3.63) is 12.7 Å². The summed E-state index contributed by atoms with van der Waals surface area (Å²) in [5, 5.41) is 0. The molecule has 0 aliphatic rings. The van der Waals surface area contributed by atoms with E-state index in [-0.39, 0.29) is 0 Å². The van der Waals surface area contributed by atoms with Crippen LogP contribution in [0, 0.1) is 0 Å². The molecule has 0 radical (unpaired) electrons. The molecule has 48 valence electrons. The number of carbonyl (C=O) groups is 1. The molecule has 0 amide bonds. The predicted octanol–water partition coefficient (Wildman–Crippen LogP) is 1.79. The molecule has 1 nitrogen and oxygen atoms in total. The predicted molar refractivity (Wildman–Crippen MR) is 41.0 cm³/mol. The van der Waals surface area contributed by atoms with E-state index in [4.69, 9.17) is 34.8 Å². The number of hydrogen-bond acceptors (Lipinski definition) is 1. The van der Waals surface area contributed by atoms with Crippen molar-refractivity contribution in [3.63, 3.8) is 0 Å². The first-order chi connectivity index (χ1) is 3.65. The number of aldehydes is 1. The minimum absolute atomic E-state index is 0.639. The molecule has 5 heteroatoms. The number of halogens is 3. The Kier molecular flexibility index (Phi) is 15.6. The van der Waals surface area contributed by atoms with Gasteiger partial charge in [0.15, 0.2) is 0 Å². The summed E-state index contributed by atoms with van der Waals surface area (Å²) in [6.45, 7) is 3.11. The Morgan fingerprint density at radius 1 is 1.38 bits per heavy atom. The van der Waals surface area contributed by atoms with Crippen LogP contribution >= 0.6 is 30.0 Å². The van der Waals surface area contributed by atoms with Gasteiger partial charge in [-0.1, -0.05) is 6.58 Å². The van der Waals surface area contributed by atoms with E-state index in [9.17, 15) is 0 Å². The number of allylic oxidation sites excluding steroid dienone is 1. The quantitative estimate of drug-likeness (QED) is 0.385. The van der Waals surface area contributed by atoms with Gasteiger partial charge in [-0.25, -0.2) is 0 Å². The maximum absolute atomic E-state index is 9.06. The van der Waals surface area contributed by atoms with Crippen LogP contribution in [0.4, 0.5) is 0 Å². The fourth-order valence-electron chi connectivity index (χ4n) is 0. The minimum atomic E-state index is -2.06. The number of rotatable bonds is 1. The van der Waals surface area contributed by atoms with Gasteiger partial charge in [-0.15, -0.1) is 0 Å². The van der Waals surface area contributed by atoms with Gasteiger partial charge in [-0.3, -0.25) is 4.79 Å². The molecule has 0 aliphatic carbocycles.